The second-order valence-electron chi connectivity index (χ2n) is 3.74. The molecule has 0 aliphatic heterocycles. The molecule has 2 aromatic carbocycles. The molecule has 94 valence electrons. The maximum atomic E-state index is 13.5. The van der Waals surface area contributed by atoms with E-state index in [-0.39, 0.29) is 5.56 Å². The number of aliphatic hydroxyl groups is 1. The van der Waals surface area contributed by atoms with Crippen molar-refractivity contribution in [3.05, 3.63) is 68.1 Å². The van der Waals surface area contributed by atoms with Crippen molar-refractivity contribution in [2.45, 2.75) is 6.10 Å². The fraction of sp³-hybridized carbons (Fsp3) is 0.0769. The summed E-state index contributed by atoms with van der Waals surface area (Å²) in [6.45, 7) is 0. The van der Waals surface area contributed by atoms with Crippen molar-refractivity contribution in [2.75, 3.05) is 0 Å². The molecule has 0 saturated carbocycles. The average Bonchev–Trinajstić information content (AvgIpc) is 2.32. The number of halogens is 4. The van der Waals surface area contributed by atoms with E-state index in [9.17, 15) is 13.9 Å². The Bertz CT molecular complexity index is 587. The Kier molecular flexibility index (Phi) is 4.14. The van der Waals surface area contributed by atoms with Gasteiger partial charge in [-0.05, 0) is 55.6 Å². The molecule has 0 saturated heterocycles. The average molecular weight is 378 g/mol. The van der Waals surface area contributed by atoms with Crippen LogP contribution in [0.1, 0.15) is 17.2 Å². The lowest BCUT2D eigenvalue weighted by atomic mass is 10.0. The van der Waals surface area contributed by atoms with E-state index in [0.29, 0.717) is 5.56 Å². The van der Waals surface area contributed by atoms with E-state index in [2.05, 4.69) is 31.9 Å². The van der Waals surface area contributed by atoms with Gasteiger partial charge < -0.3 is 5.11 Å². The zero-order valence-corrected chi connectivity index (χ0v) is 12.2. The van der Waals surface area contributed by atoms with Gasteiger partial charge in [0, 0.05) is 20.6 Å². The predicted octanol–water partition coefficient (Wildman–Crippen LogP) is 4.57. The topological polar surface area (TPSA) is 20.2 Å². The number of benzene rings is 2. The first kappa shape index (κ1) is 13.6. The molecule has 2 rings (SSSR count). The highest BCUT2D eigenvalue weighted by Crippen LogP contribution is 2.30. The highest BCUT2D eigenvalue weighted by molar-refractivity contribution is 9.13. The van der Waals surface area contributed by atoms with Crippen molar-refractivity contribution in [3.8, 4) is 0 Å². The molecular formula is C13H8Br2F2O. The third-order valence-corrected chi connectivity index (χ3v) is 4.40. The van der Waals surface area contributed by atoms with E-state index in [1.54, 1.807) is 18.2 Å². The molecule has 0 radical (unpaired) electrons. The Hall–Kier alpha value is -0.780. The van der Waals surface area contributed by atoms with Gasteiger partial charge in [-0.1, -0.05) is 12.1 Å². The fourth-order valence-electron chi connectivity index (χ4n) is 1.59. The summed E-state index contributed by atoms with van der Waals surface area (Å²) >= 11 is 6.61. The molecule has 1 nitrogen and oxygen atoms in total. The minimum atomic E-state index is -1.13. The molecule has 18 heavy (non-hydrogen) atoms. The third kappa shape index (κ3) is 2.79. The highest BCUT2D eigenvalue weighted by Gasteiger charge is 2.16. The molecule has 0 aromatic heterocycles. The second-order valence-corrected chi connectivity index (χ2v) is 5.45. The summed E-state index contributed by atoms with van der Waals surface area (Å²) in [5.74, 6) is -1.43. The molecule has 5 heteroatoms. The van der Waals surface area contributed by atoms with Crippen molar-refractivity contribution < 1.29 is 13.9 Å². The van der Waals surface area contributed by atoms with E-state index in [4.69, 9.17) is 0 Å². The first-order valence-electron chi connectivity index (χ1n) is 5.07. The molecule has 1 unspecified atom stereocenters. The van der Waals surface area contributed by atoms with Crippen molar-refractivity contribution in [1.82, 2.24) is 0 Å². The van der Waals surface area contributed by atoms with Crippen molar-refractivity contribution in [2.24, 2.45) is 0 Å². The molecule has 0 bridgehead atoms. The van der Waals surface area contributed by atoms with Gasteiger partial charge in [0.1, 0.15) is 17.7 Å². The van der Waals surface area contributed by atoms with E-state index < -0.39 is 17.7 Å². The van der Waals surface area contributed by atoms with Crippen LogP contribution in [0.15, 0.2) is 45.3 Å². The van der Waals surface area contributed by atoms with Gasteiger partial charge in [-0.25, -0.2) is 8.78 Å². The summed E-state index contributed by atoms with van der Waals surface area (Å²) in [5, 5.41) is 10.1. The van der Waals surface area contributed by atoms with Crippen LogP contribution in [0.2, 0.25) is 0 Å². The lowest BCUT2D eigenvalue weighted by Crippen LogP contribution is -2.03. The number of hydrogen-bond acceptors (Lipinski definition) is 1. The molecule has 0 aliphatic carbocycles. The number of hydrogen-bond donors (Lipinski definition) is 1. The molecule has 0 heterocycles. The fourth-order valence-corrected chi connectivity index (χ4v) is 2.23. The Morgan fingerprint density at radius 2 is 1.67 bits per heavy atom. The quantitative estimate of drug-likeness (QED) is 0.812. The molecule has 0 spiro atoms. The van der Waals surface area contributed by atoms with Crippen LogP contribution in [0.25, 0.3) is 0 Å². The van der Waals surface area contributed by atoms with Crippen molar-refractivity contribution >= 4 is 31.9 Å². The van der Waals surface area contributed by atoms with Crippen LogP contribution >= 0.6 is 31.9 Å². The van der Waals surface area contributed by atoms with Crippen LogP contribution in [0, 0.1) is 11.6 Å². The van der Waals surface area contributed by atoms with E-state index in [1.807, 2.05) is 0 Å². The summed E-state index contributed by atoms with van der Waals surface area (Å²) in [4.78, 5) is 0. The van der Waals surface area contributed by atoms with Crippen LogP contribution in [0.4, 0.5) is 8.78 Å². The normalized spacial score (nSPS) is 12.5. The van der Waals surface area contributed by atoms with Crippen LogP contribution in [-0.2, 0) is 0 Å². The van der Waals surface area contributed by atoms with Crippen LogP contribution in [0.5, 0.6) is 0 Å². The van der Waals surface area contributed by atoms with Crippen LogP contribution in [-0.4, -0.2) is 5.11 Å². The number of aliphatic hydroxyl groups excluding tert-OH is 1. The molecule has 2 aromatic rings. The summed E-state index contributed by atoms with van der Waals surface area (Å²) in [7, 11) is 0. The Morgan fingerprint density at radius 3 is 2.28 bits per heavy atom. The van der Waals surface area contributed by atoms with Crippen molar-refractivity contribution in [3.63, 3.8) is 0 Å². The zero-order valence-electron chi connectivity index (χ0n) is 9.00. The van der Waals surface area contributed by atoms with Gasteiger partial charge in [0.05, 0.1) is 0 Å². The molecule has 0 fully saturated rings. The Morgan fingerprint density at radius 1 is 0.944 bits per heavy atom. The minimum absolute atomic E-state index is 0.0469. The van der Waals surface area contributed by atoms with Crippen LogP contribution in [0.3, 0.4) is 0 Å². The van der Waals surface area contributed by atoms with Gasteiger partial charge in [-0.2, -0.15) is 0 Å². The highest BCUT2D eigenvalue weighted by atomic mass is 79.9. The predicted molar refractivity (Wildman–Crippen MR) is 72.3 cm³/mol. The van der Waals surface area contributed by atoms with E-state index in [0.717, 1.165) is 21.1 Å². The molecule has 1 atom stereocenters. The molecule has 1 N–H and O–H groups in total. The van der Waals surface area contributed by atoms with Gasteiger partial charge in [0.25, 0.3) is 0 Å². The van der Waals surface area contributed by atoms with Gasteiger partial charge in [0.15, 0.2) is 0 Å². The SMILES string of the molecule is OC(c1ccc(Br)c(Br)c1)c1ccc(F)cc1F. The maximum absolute atomic E-state index is 13.5. The largest absolute Gasteiger partial charge is 0.384 e. The second kappa shape index (κ2) is 5.47. The molecule has 0 amide bonds. The Labute approximate surface area is 120 Å². The summed E-state index contributed by atoms with van der Waals surface area (Å²) in [6, 6.07) is 8.21. The lowest BCUT2D eigenvalue weighted by Gasteiger charge is -2.13. The standard InChI is InChI=1S/C13H8Br2F2O/c14-10-4-1-7(5-11(10)15)13(18)9-3-2-8(16)6-12(9)17/h1-6,13,18H. The van der Waals surface area contributed by atoms with Crippen LogP contribution < -0.4 is 0 Å². The monoisotopic (exact) mass is 376 g/mol. The molecule has 0 aliphatic rings. The van der Waals surface area contributed by atoms with Gasteiger partial charge in [-0.3, -0.25) is 0 Å². The minimum Gasteiger partial charge on any atom is -0.384 e. The van der Waals surface area contributed by atoms with E-state index >= 15 is 0 Å². The first-order chi connectivity index (χ1) is 8.49. The van der Waals surface area contributed by atoms with E-state index in [1.165, 1.54) is 6.07 Å². The number of rotatable bonds is 2. The first-order valence-corrected chi connectivity index (χ1v) is 6.65. The van der Waals surface area contributed by atoms with Crippen molar-refractivity contribution in [1.29, 1.82) is 0 Å². The summed E-state index contributed by atoms with van der Waals surface area (Å²) in [5.41, 5.74) is 0.571. The Balaban J connectivity index is 2.41. The van der Waals surface area contributed by atoms with Gasteiger partial charge in [0.2, 0.25) is 0 Å². The zero-order chi connectivity index (χ0) is 13.3. The maximum Gasteiger partial charge on any atom is 0.132 e. The summed E-state index contributed by atoms with van der Waals surface area (Å²) in [6.07, 6.45) is -1.13. The van der Waals surface area contributed by atoms with Gasteiger partial charge >= 0.3 is 0 Å². The van der Waals surface area contributed by atoms with Gasteiger partial charge in [-0.15, -0.1) is 0 Å². The smallest absolute Gasteiger partial charge is 0.132 e. The molecular weight excluding hydrogens is 370 g/mol. The summed E-state index contributed by atoms with van der Waals surface area (Å²) < 4.78 is 27.9. The lowest BCUT2D eigenvalue weighted by molar-refractivity contribution is 0.214. The third-order valence-electron chi connectivity index (χ3n) is 2.52.